The van der Waals surface area contributed by atoms with Crippen molar-refractivity contribution in [1.82, 2.24) is 0 Å². The molecule has 0 amide bonds. The van der Waals surface area contributed by atoms with Gasteiger partial charge in [0, 0.05) is 16.9 Å². The third kappa shape index (κ3) is 6.40. The van der Waals surface area contributed by atoms with Crippen molar-refractivity contribution < 1.29 is 0 Å². The van der Waals surface area contributed by atoms with Crippen LogP contribution < -0.4 is 4.90 Å². The minimum absolute atomic E-state index is 1.09. The first kappa shape index (κ1) is 34.5. The van der Waals surface area contributed by atoms with Crippen molar-refractivity contribution in [2.24, 2.45) is 0 Å². The van der Waals surface area contributed by atoms with Crippen LogP contribution in [0.25, 0.3) is 87.6 Å². The van der Waals surface area contributed by atoms with Crippen molar-refractivity contribution in [3.05, 3.63) is 237 Å². The Bertz CT molecular complexity index is 3310. The van der Waals surface area contributed by atoms with Crippen molar-refractivity contribution in [1.29, 1.82) is 0 Å². The second-order valence-corrected chi connectivity index (χ2v) is 15.3. The van der Waals surface area contributed by atoms with Crippen molar-refractivity contribution in [3.63, 3.8) is 0 Å². The topological polar surface area (TPSA) is 3.24 Å². The van der Waals surface area contributed by atoms with E-state index in [1.54, 1.807) is 0 Å². The molecule has 11 aromatic rings. The quantitative estimate of drug-likeness (QED) is 0.147. The smallest absolute Gasteiger partial charge is 0.0546 e. The van der Waals surface area contributed by atoms with Crippen molar-refractivity contribution in [3.8, 4) is 44.5 Å². The summed E-state index contributed by atoms with van der Waals surface area (Å²) in [5.41, 5.74) is 12.8. The van der Waals surface area contributed by atoms with E-state index in [1.165, 1.54) is 82.0 Å². The molecule has 59 heavy (non-hydrogen) atoms. The van der Waals surface area contributed by atoms with Crippen molar-refractivity contribution >= 4 is 60.2 Å². The van der Waals surface area contributed by atoms with Crippen LogP contribution in [0.1, 0.15) is 0 Å². The number of anilines is 3. The van der Waals surface area contributed by atoms with Gasteiger partial charge in [0.25, 0.3) is 0 Å². The van der Waals surface area contributed by atoms with Gasteiger partial charge in [-0.25, -0.2) is 0 Å². The normalized spacial score (nSPS) is 11.4. The van der Waals surface area contributed by atoms with E-state index in [4.69, 9.17) is 0 Å². The van der Waals surface area contributed by atoms with Gasteiger partial charge >= 0.3 is 0 Å². The first-order chi connectivity index (χ1) is 29.2. The molecule has 0 radical (unpaired) electrons. The second kappa shape index (κ2) is 14.6. The van der Waals surface area contributed by atoms with Crippen LogP contribution in [0.2, 0.25) is 0 Å². The molecular weight excluding hydrogens is 711 g/mol. The predicted octanol–water partition coefficient (Wildman–Crippen LogP) is 16.4. The summed E-state index contributed by atoms with van der Waals surface area (Å²) in [6.07, 6.45) is 0. The monoisotopic (exact) mass is 749 g/mol. The van der Waals surface area contributed by atoms with E-state index in [1.807, 2.05) is 0 Å². The maximum absolute atomic E-state index is 2.44. The zero-order valence-electron chi connectivity index (χ0n) is 32.5. The van der Waals surface area contributed by atoms with Gasteiger partial charge in [0.05, 0.1) is 5.69 Å². The van der Waals surface area contributed by atoms with Crippen LogP contribution in [0.5, 0.6) is 0 Å². The Kier molecular flexibility index (Phi) is 8.56. The minimum Gasteiger partial charge on any atom is -0.310 e. The fraction of sp³-hybridized carbons (Fsp3) is 0. The summed E-state index contributed by atoms with van der Waals surface area (Å²) in [6.45, 7) is 0. The highest BCUT2D eigenvalue weighted by Gasteiger charge is 2.20. The van der Waals surface area contributed by atoms with Crippen LogP contribution in [0.15, 0.2) is 237 Å². The van der Waals surface area contributed by atoms with E-state index in [9.17, 15) is 0 Å². The molecule has 0 unspecified atom stereocenters. The number of nitrogens with zero attached hydrogens (tertiary/aromatic N) is 1. The molecule has 0 aromatic heterocycles. The molecule has 0 saturated carbocycles. The van der Waals surface area contributed by atoms with E-state index in [0.29, 0.717) is 0 Å². The van der Waals surface area contributed by atoms with Crippen LogP contribution in [0.4, 0.5) is 17.1 Å². The Morgan fingerprint density at radius 1 is 0.220 bits per heavy atom. The van der Waals surface area contributed by atoms with Gasteiger partial charge < -0.3 is 4.90 Å². The van der Waals surface area contributed by atoms with Gasteiger partial charge in [-0.15, -0.1) is 0 Å². The Morgan fingerprint density at radius 3 is 1.36 bits per heavy atom. The van der Waals surface area contributed by atoms with E-state index >= 15 is 0 Å². The van der Waals surface area contributed by atoms with Gasteiger partial charge in [0.2, 0.25) is 0 Å². The molecule has 1 heteroatoms. The molecular formula is C58H39N. The lowest BCUT2D eigenvalue weighted by Crippen LogP contribution is -2.11. The number of rotatable bonds is 7. The first-order valence-corrected chi connectivity index (χ1v) is 20.3. The highest BCUT2D eigenvalue weighted by molar-refractivity contribution is 6.13. The van der Waals surface area contributed by atoms with Crippen molar-refractivity contribution in [2.45, 2.75) is 0 Å². The lowest BCUT2D eigenvalue weighted by Gasteiger charge is -2.29. The van der Waals surface area contributed by atoms with E-state index in [-0.39, 0.29) is 0 Å². The van der Waals surface area contributed by atoms with Crippen LogP contribution >= 0.6 is 0 Å². The summed E-state index contributed by atoms with van der Waals surface area (Å²) in [5, 5.41) is 9.98. The molecule has 0 fully saturated rings. The van der Waals surface area contributed by atoms with Crippen LogP contribution in [0, 0.1) is 0 Å². The molecule has 11 aromatic carbocycles. The number of hydrogen-bond donors (Lipinski definition) is 0. The summed E-state index contributed by atoms with van der Waals surface area (Å²) < 4.78 is 0. The number of hydrogen-bond acceptors (Lipinski definition) is 1. The maximum atomic E-state index is 2.44. The molecule has 0 saturated heterocycles. The predicted molar refractivity (Wildman–Crippen MR) is 253 cm³/mol. The lowest BCUT2D eigenvalue weighted by atomic mass is 9.93. The van der Waals surface area contributed by atoms with Crippen molar-refractivity contribution in [2.75, 3.05) is 4.90 Å². The molecule has 0 atom stereocenters. The highest BCUT2D eigenvalue weighted by Crippen LogP contribution is 2.45. The third-order valence-electron chi connectivity index (χ3n) is 11.8. The average Bonchev–Trinajstić information content (AvgIpc) is 3.32. The van der Waals surface area contributed by atoms with Crippen LogP contribution in [-0.4, -0.2) is 0 Å². The fourth-order valence-electron chi connectivity index (χ4n) is 8.81. The van der Waals surface area contributed by atoms with Gasteiger partial charge in [-0.05, 0) is 131 Å². The van der Waals surface area contributed by atoms with E-state index < -0.39 is 0 Å². The maximum Gasteiger partial charge on any atom is 0.0546 e. The zero-order chi connectivity index (χ0) is 39.1. The van der Waals surface area contributed by atoms with E-state index in [2.05, 4.69) is 241 Å². The largest absolute Gasteiger partial charge is 0.310 e. The highest BCUT2D eigenvalue weighted by atomic mass is 15.1. The summed E-state index contributed by atoms with van der Waals surface area (Å²) in [7, 11) is 0. The van der Waals surface area contributed by atoms with Crippen LogP contribution in [0.3, 0.4) is 0 Å². The Morgan fingerprint density at radius 2 is 0.678 bits per heavy atom. The number of benzene rings is 11. The molecule has 1 nitrogen and oxygen atoms in total. The molecule has 0 bridgehead atoms. The molecule has 11 rings (SSSR count). The summed E-state index contributed by atoms with van der Waals surface area (Å²) >= 11 is 0. The average molecular weight is 750 g/mol. The zero-order valence-corrected chi connectivity index (χ0v) is 32.5. The summed E-state index contributed by atoms with van der Waals surface area (Å²) in [6, 6.07) is 86.4. The number of fused-ring (bicyclic) bond motifs is 5. The Balaban J connectivity index is 1.12. The Labute approximate surface area is 344 Å². The van der Waals surface area contributed by atoms with Gasteiger partial charge in [0.15, 0.2) is 0 Å². The first-order valence-electron chi connectivity index (χ1n) is 20.3. The van der Waals surface area contributed by atoms with Gasteiger partial charge in [0.1, 0.15) is 0 Å². The molecule has 0 aliphatic heterocycles. The Hall–Kier alpha value is -7.74. The van der Waals surface area contributed by atoms with Gasteiger partial charge in [-0.2, -0.15) is 0 Å². The minimum atomic E-state index is 1.09. The fourth-order valence-corrected chi connectivity index (χ4v) is 8.81. The second-order valence-electron chi connectivity index (χ2n) is 15.3. The molecule has 0 heterocycles. The molecule has 0 aliphatic rings. The molecule has 0 aliphatic carbocycles. The van der Waals surface area contributed by atoms with Gasteiger partial charge in [-0.3, -0.25) is 0 Å². The van der Waals surface area contributed by atoms with Gasteiger partial charge in [-0.1, -0.05) is 188 Å². The standard InChI is InChI=1S/C58H39N/c1-2-12-40(13-3-1)43-26-31-51(32-27-43)59(52-33-28-44(29-34-52)57-38-49-18-8-9-19-53(49)55-20-10-11-21-56(55)57)58-39-48(47-24-22-41-14-4-6-16-45(41)36-47)30-35-54(58)50-25-23-42-15-5-7-17-46(42)37-50/h1-39H. The van der Waals surface area contributed by atoms with E-state index in [0.717, 1.165) is 22.6 Å². The van der Waals surface area contributed by atoms with Crippen LogP contribution in [-0.2, 0) is 0 Å². The lowest BCUT2D eigenvalue weighted by molar-refractivity contribution is 1.28. The summed E-state index contributed by atoms with van der Waals surface area (Å²) in [5.74, 6) is 0. The SMILES string of the molecule is c1ccc(-c2ccc(N(c3ccc(-c4cc5ccccc5c5ccccc45)cc3)c3cc(-c4ccc5ccccc5c4)ccc3-c3ccc4ccccc4c3)cc2)cc1. The molecule has 0 spiro atoms. The molecule has 276 valence electrons. The summed E-state index contributed by atoms with van der Waals surface area (Å²) in [4.78, 5) is 2.44. The molecule has 0 N–H and O–H groups in total. The third-order valence-corrected chi connectivity index (χ3v) is 11.8.